The van der Waals surface area contributed by atoms with Crippen LogP contribution in [0.2, 0.25) is 0 Å². The van der Waals surface area contributed by atoms with Crippen LogP contribution in [-0.4, -0.2) is 68.5 Å². The Morgan fingerprint density at radius 3 is 1.74 bits per heavy atom. The van der Waals surface area contributed by atoms with Crippen molar-refractivity contribution in [3.8, 4) is 0 Å². The van der Waals surface area contributed by atoms with Crippen LogP contribution >= 0.6 is 7.82 Å². The van der Waals surface area contributed by atoms with E-state index in [0.29, 0.717) is 17.4 Å². The number of phosphoric acid groups is 1. The Hall–Kier alpha value is -1.80. The van der Waals surface area contributed by atoms with E-state index in [1.54, 1.807) is 6.08 Å². The predicted molar refractivity (Wildman–Crippen MR) is 210 cm³/mol. The zero-order valence-corrected chi connectivity index (χ0v) is 33.5. The molecule has 0 heterocycles. The molecule has 0 spiro atoms. The first-order chi connectivity index (χ1) is 24.0. The number of carbonyl (C=O) groups is 1. The first-order valence-electron chi connectivity index (χ1n) is 19.7. The summed E-state index contributed by atoms with van der Waals surface area (Å²) < 4.78 is 23.0. The van der Waals surface area contributed by atoms with Crippen molar-refractivity contribution >= 4 is 13.7 Å². The SMILES string of the molecule is CCCCCCC/C=C/CC/C=C/CC/C=C/C(O)C(COP(=O)([O-])OCC[N+](C)(C)C)NC(=O)CC/C=C\C/C=C\CCCCCCCC. The van der Waals surface area contributed by atoms with E-state index in [9.17, 15) is 19.4 Å². The molecule has 0 aromatic carbocycles. The van der Waals surface area contributed by atoms with Gasteiger partial charge in [-0.05, 0) is 64.2 Å². The first kappa shape index (κ1) is 48.2. The van der Waals surface area contributed by atoms with Crippen LogP contribution in [0.1, 0.15) is 142 Å². The number of aliphatic hydroxyl groups excluding tert-OH is 1. The molecule has 2 N–H and O–H groups in total. The van der Waals surface area contributed by atoms with E-state index < -0.39 is 26.6 Å². The summed E-state index contributed by atoms with van der Waals surface area (Å²) in [7, 11) is 1.19. The molecular weight excluding hydrogens is 647 g/mol. The van der Waals surface area contributed by atoms with Crippen LogP contribution in [0.5, 0.6) is 0 Å². The molecule has 0 fully saturated rings. The van der Waals surface area contributed by atoms with E-state index in [1.807, 2.05) is 39.4 Å². The fourth-order valence-electron chi connectivity index (χ4n) is 5.00. The fraction of sp³-hybridized carbons (Fsp3) is 0.732. The highest BCUT2D eigenvalue weighted by Crippen LogP contribution is 2.38. The summed E-state index contributed by atoms with van der Waals surface area (Å²) in [4.78, 5) is 25.1. The van der Waals surface area contributed by atoms with Crippen molar-refractivity contribution in [1.29, 1.82) is 0 Å². The van der Waals surface area contributed by atoms with E-state index in [-0.39, 0.29) is 18.9 Å². The Bertz CT molecular complexity index is 1000. The van der Waals surface area contributed by atoms with Gasteiger partial charge in [0.2, 0.25) is 5.91 Å². The Morgan fingerprint density at radius 1 is 0.700 bits per heavy atom. The van der Waals surface area contributed by atoms with Crippen molar-refractivity contribution in [2.45, 2.75) is 154 Å². The number of allylic oxidation sites excluding steroid dienone is 9. The second kappa shape index (κ2) is 33.1. The molecule has 0 saturated heterocycles. The number of unbranched alkanes of at least 4 members (excludes halogenated alkanes) is 13. The topological polar surface area (TPSA) is 108 Å². The third kappa shape index (κ3) is 34.6. The van der Waals surface area contributed by atoms with Gasteiger partial charge in [-0.25, -0.2) is 0 Å². The number of carbonyl (C=O) groups excluding carboxylic acids is 1. The number of aliphatic hydroxyl groups is 1. The summed E-state index contributed by atoms with van der Waals surface area (Å²) in [6, 6.07) is -0.939. The molecule has 0 aliphatic rings. The normalized spacial score (nSPS) is 15.3. The smallest absolute Gasteiger partial charge is 0.268 e. The van der Waals surface area contributed by atoms with Gasteiger partial charge in [-0.15, -0.1) is 0 Å². The van der Waals surface area contributed by atoms with Crippen LogP contribution in [0.4, 0.5) is 0 Å². The molecule has 0 bridgehead atoms. The lowest BCUT2D eigenvalue weighted by Crippen LogP contribution is -2.45. The molecule has 8 nitrogen and oxygen atoms in total. The second-order valence-electron chi connectivity index (χ2n) is 14.3. The molecule has 50 heavy (non-hydrogen) atoms. The molecule has 0 aromatic rings. The second-order valence-corrected chi connectivity index (χ2v) is 15.7. The molecule has 0 rings (SSSR count). The van der Waals surface area contributed by atoms with Crippen LogP contribution in [0.15, 0.2) is 60.8 Å². The highest BCUT2D eigenvalue weighted by atomic mass is 31.2. The average molecular weight is 723 g/mol. The number of rotatable bonds is 34. The zero-order valence-electron chi connectivity index (χ0n) is 32.6. The van der Waals surface area contributed by atoms with E-state index in [1.165, 1.54) is 70.6 Å². The van der Waals surface area contributed by atoms with Gasteiger partial charge >= 0.3 is 0 Å². The van der Waals surface area contributed by atoms with Gasteiger partial charge in [0, 0.05) is 6.42 Å². The van der Waals surface area contributed by atoms with Crippen LogP contribution in [0.25, 0.3) is 0 Å². The number of nitrogens with zero attached hydrogens (tertiary/aromatic N) is 1. The van der Waals surface area contributed by atoms with Gasteiger partial charge < -0.3 is 28.8 Å². The molecule has 9 heteroatoms. The molecule has 1 amide bonds. The lowest BCUT2D eigenvalue weighted by molar-refractivity contribution is -0.870. The van der Waals surface area contributed by atoms with Gasteiger partial charge in [0.1, 0.15) is 13.2 Å². The summed E-state index contributed by atoms with van der Waals surface area (Å²) in [6.45, 7) is 4.51. The minimum absolute atomic E-state index is 0.0206. The quantitative estimate of drug-likeness (QED) is 0.0297. The molecule has 0 aromatic heterocycles. The zero-order chi connectivity index (χ0) is 37.2. The maximum Gasteiger partial charge on any atom is 0.268 e. The number of hydrogen-bond acceptors (Lipinski definition) is 6. The van der Waals surface area contributed by atoms with Gasteiger partial charge in [0.25, 0.3) is 7.82 Å². The first-order valence-corrected chi connectivity index (χ1v) is 21.1. The fourth-order valence-corrected chi connectivity index (χ4v) is 5.72. The summed E-state index contributed by atoms with van der Waals surface area (Å²) in [5.41, 5.74) is 0. The third-order valence-corrected chi connectivity index (χ3v) is 9.16. The van der Waals surface area contributed by atoms with Gasteiger partial charge in [-0.2, -0.15) is 0 Å². The van der Waals surface area contributed by atoms with Crippen molar-refractivity contribution in [2.75, 3.05) is 40.9 Å². The van der Waals surface area contributed by atoms with Crippen molar-refractivity contribution in [3.63, 3.8) is 0 Å². The number of amides is 1. The van der Waals surface area contributed by atoms with E-state index >= 15 is 0 Å². The van der Waals surface area contributed by atoms with Gasteiger partial charge in [-0.1, -0.05) is 132 Å². The van der Waals surface area contributed by atoms with Gasteiger partial charge in [0.05, 0.1) is 39.9 Å². The number of phosphoric ester groups is 1. The van der Waals surface area contributed by atoms with Crippen LogP contribution in [0.3, 0.4) is 0 Å². The summed E-state index contributed by atoms with van der Waals surface area (Å²) in [5, 5.41) is 13.6. The Kier molecular flexibility index (Phi) is 31.9. The minimum atomic E-state index is -4.61. The molecule has 3 atom stereocenters. The van der Waals surface area contributed by atoms with Gasteiger partial charge in [0.15, 0.2) is 0 Å². The van der Waals surface area contributed by atoms with E-state index in [0.717, 1.165) is 44.9 Å². The highest BCUT2D eigenvalue weighted by Gasteiger charge is 2.23. The molecule has 290 valence electrons. The third-order valence-electron chi connectivity index (χ3n) is 8.19. The minimum Gasteiger partial charge on any atom is -0.756 e. The Labute approximate surface area is 307 Å². The Morgan fingerprint density at radius 2 is 1.18 bits per heavy atom. The average Bonchev–Trinajstić information content (AvgIpc) is 3.06. The number of likely N-dealkylation sites (N-methyl/N-ethyl adjacent to an activating group) is 1. The van der Waals surface area contributed by atoms with Crippen LogP contribution in [-0.2, 0) is 18.4 Å². The van der Waals surface area contributed by atoms with Gasteiger partial charge in [-0.3, -0.25) is 9.36 Å². The van der Waals surface area contributed by atoms with Crippen molar-refractivity contribution in [1.82, 2.24) is 5.32 Å². The monoisotopic (exact) mass is 723 g/mol. The molecule has 3 unspecified atom stereocenters. The number of nitrogens with one attached hydrogen (secondary N) is 1. The molecule has 0 saturated carbocycles. The summed E-state index contributed by atoms with van der Waals surface area (Å²) >= 11 is 0. The van der Waals surface area contributed by atoms with E-state index in [4.69, 9.17) is 9.05 Å². The standard InChI is InChI=1S/C41H75N2O6P/c1-6-8-10-12-14-16-18-20-21-23-24-26-28-30-32-34-40(44)39(38-49-50(46,47)48-37-36-43(3,4)5)42-41(45)35-33-31-29-27-25-22-19-17-15-13-11-9-7-2/h18,20,22,24-26,29,31-32,34,39-40,44H,6-17,19,21,23,27-28,30,33,35-38H2,1-5H3,(H-,42,45,46,47)/b20-18+,25-22-,26-24+,31-29-,34-32+. The lowest BCUT2D eigenvalue weighted by atomic mass is 10.1. The number of quaternary nitrogens is 1. The van der Waals surface area contributed by atoms with Crippen molar-refractivity contribution < 1.29 is 32.9 Å². The maximum atomic E-state index is 12.7. The maximum absolute atomic E-state index is 12.7. The molecule has 0 radical (unpaired) electrons. The van der Waals surface area contributed by atoms with Crippen LogP contribution in [0, 0.1) is 0 Å². The van der Waals surface area contributed by atoms with Crippen molar-refractivity contribution in [2.24, 2.45) is 0 Å². The molecule has 0 aliphatic heterocycles. The lowest BCUT2D eigenvalue weighted by Gasteiger charge is -2.29. The Balaban J connectivity index is 4.71. The highest BCUT2D eigenvalue weighted by molar-refractivity contribution is 7.45. The summed E-state index contributed by atoms with van der Waals surface area (Å²) in [6.07, 6.45) is 41.4. The predicted octanol–water partition coefficient (Wildman–Crippen LogP) is 9.66. The van der Waals surface area contributed by atoms with Crippen molar-refractivity contribution in [3.05, 3.63) is 60.8 Å². The molecule has 0 aliphatic carbocycles. The van der Waals surface area contributed by atoms with E-state index in [2.05, 4.69) is 55.6 Å². The molecular formula is C41H75N2O6P. The van der Waals surface area contributed by atoms with Crippen LogP contribution < -0.4 is 10.2 Å². The summed E-state index contributed by atoms with van der Waals surface area (Å²) in [5.74, 6) is -0.283. The largest absolute Gasteiger partial charge is 0.756 e. The number of hydrogen-bond donors (Lipinski definition) is 2.